The Bertz CT molecular complexity index is 832. The molecule has 1 aromatic heterocycles. The number of nitrogens with one attached hydrogen (secondary N) is 1. The summed E-state index contributed by atoms with van der Waals surface area (Å²) in [4.78, 5) is 30.1. The zero-order chi connectivity index (χ0) is 19.4. The predicted octanol–water partition coefficient (Wildman–Crippen LogP) is 3.47. The normalized spacial score (nSPS) is 15.0. The minimum atomic E-state index is -1.01. The standard InChI is InChI=1S/C19H21F2N3O2S/c1-2-17(25)22-10-14-11-27-18(23-14)12-5-7-24(8-6-12)19(26)13-3-4-15(20)16(21)9-13/h3-4,9,11-12H,2,5-8,10H2,1H3,(H,22,25). The number of piperidine rings is 1. The van der Waals surface area contributed by atoms with E-state index < -0.39 is 11.6 Å². The summed E-state index contributed by atoms with van der Waals surface area (Å²) in [6, 6.07) is 3.23. The van der Waals surface area contributed by atoms with Crippen molar-refractivity contribution >= 4 is 23.2 Å². The van der Waals surface area contributed by atoms with Gasteiger partial charge in [-0.05, 0) is 31.0 Å². The van der Waals surface area contributed by atoms with Crippen molar-refractivity contribution in [2.24, 2.45) is 0 Å². The van der Waals surface area contributed by atoms with Crippen LogP contribution in [0.2, 0.25) is 0 Å². The van der Waals surface area contributed by atoms with E-state index in [0.29, 0.717) is 26.1 Å². The third-order valence-electron chi connectivity index (χ3n) is 4.66. The van der Waals surface area contributed by atoms with Gasteiger partial charge in [0.25, 0.3) is 5.91 Å². The molecule has 1 aliphatic heterocycles. The average molecular weight is 393 g/mol. The lowest BCUT2D eigenvalue weighted by molar-refractivity contribution is -0.120. The fraction of sp³-hybridized carbons (Fsp3) is 0.421. The third kappa shape index (κ3) is 4.68. The molecule has 144 valence electrons. The summed E-state index contributed by atoms with van der Waals surface area (Å²) >= 11 is 1.57. The number of benzene rings is 1. The highest BCUT2D eigenvalue weighted by molar-refractivity contribution is 7.09. The van der Waals surface area contributed by atoms with Gasteiger partial charge < -0.3 is 10.2 Å². The van der Waals surface area contributed by atoms with Crippen molar-refractivity contribution in [1.29, 1.82) is 0 Å². The van der Waals surface area contributed by atoms with Gasteiger partial charge in [0.1, 0.15) is 0 Å². The Labute approximate surface area is 160 Å². The highest BCUT2D eigenvalue weighted by Gasteiger charge is 2.26. The van der Waals surface area contributed by atoms with Gasteiger partial charge >= 0.3 is 0 Å². The first-order valence-electron chi connectivity index (χ1n) is 8.93. The number of likely N-dealkylation sites (tertiary alicyclic amines) is 1. The number of halogens is 2. The van der Waals surface area contributed by atoms with E-state index >= 15 is 0 Å². The molecule has 2 heterocycles. The number of aromatic nitrogens is 1. The van der Waals surface area contributed by atoms with Gasteiger partial charge in [0.05, 0.1) is 17.2 Å². The minimum absolute atomic E-state index is 0.00593. The molecule has 0 saturated carbocycles. The zero-order valence-corrected chi connectivity index (χ0v) is 15.8. The maximum Gasteiger partial charge on any atom is 0.253 e. The highest BCUT2D eigenvalue weighted by atomic mass is 32.1. The molecule has 0 aliphatic carbocycles. The Balaban J connectivity index is 1.55. The van der Waals surface area contributed by atoms with E-state index in [1.165, 1.54) is 6.07 Å². The summed E-state index contributed by atoms with van der Waals surface area (Å²) in [5, 5.41) is 5.77. The topological polar surface area (TPSA) is 62.3 Å². The lowest BCUT2D eigenvalue weighted by Gasteiger charge is -2.31. The maximum atomic E-state index is 13.3. The van der Waals surface area contributed by atoms with E-state index in [2.05, 4.69) is 10.3 Å². The second kappa shape index (κ2) is 8.56. The summed E-state index contributed by atoms with van der Waals surface area (Å²) in [7, 11) is 0. The number of rotatable bonds is 5. The number of amides is 2. The van der Waals surface area contributed by atoms with Crippen LogP contribution in [-0.2, 0) is 11.3 Å². The number of nitrogens with zero attached hydrogens (tertiary/aromatic N) is 2. The van der Waals surface area contributed by atoms with Crippen LogP contribution in [0, 0.1) is 11.6 Å². The second-order valence-electron chi connectivity index (χ2n) is 6.50. The van der Waals surface area contributed by atoms with E-state index in [-0.39, 0.29) is 23.3 Å². The first kappa shape index (κ1) is 19.4. The number of thiazole rings is 1. The van der Waals surface area contributed by atoms with Crippen molar-refractivity contribution < 1.29 is 18.4 Å². The Kier molecular flexibility index (Phi) is 6.15. The van der Waals surface area contributed by atoms with Gasteiger partial charge in [0.2, 0.25) is 5.91 Å². The largest absolute Gasteiger partial charge is 0.350 e. The highest BCUT2D eigenvalue weighted by Crippen LogP contribution is 2.31. The Morgan fingerprint density at radius 2 is 2.00 bits per heavy atom. The fourth-order valence-corrected chi connectivity index (χ4v) is 4.04. The van der Waals surface area contributed by atoms with Gasteiger partial charge in [-0.3, -0.25) is 9.59 Å². The van der Waals surface area contributed by atoms with Gasteiger partial charge in [-0.25, -0.2) is 13.8 Å². The van der Waals surface area contributed by atoms with Crippen molar-refractivity contribution in [1.82, 2.24) is 15.2 Å². The van der Waals surface area contributed by atoms with Crippen LogP contribution < -0.4 is 5.32 Å². The molecule has 1 saturated heterocycles. The summed E-state index contributed by atoms with van der Waals surface area (Å²) in [5.41, 5.74) is 1.01. The SMILES string of the molecule is CCC(=O)NCc1csc(C2CCN(C(=O)c3ccc(F)c(F)c3)CC2)n1. The first-order valence-corrected chi connectivity index (χ1v) is 9.81. The summed E-state index contributed by atoms with van der Waals surface area (Å²) in [5.74, 6) is -2.00. The molecule has 0 radical (unpaired) electrons. The molecular weight excluding hydrogens is 372 g/mol. The van der Waals surface area contributed by atoms with Crippen LogP contribution >= 0.6 is 11.3 Å². The van der Waals surface area contributed by atoms with E-state index in [0.717, 1.165) is 35.7 Å². The van der Waals surface area contributed by atoms with Crippen LogP contribution in [0.3, 0.4) is 0 Å². The molecule has 1 aliphatic rings. The summed E-state index contributed by atoms with van der Waals surface area (Å²) in [6.07, 6.45) is 1.98. The number of carbonyl (C=O) groups is 2. The van der Waals surface area contributed by atoms with Crippen molar-refractivity contribution in [3.05, 3.63) is 51.5 Å². The Morgan fingerprint density at radius 3 is 2.67 bits per heavy atom. The lowest BCUT2D eigenvalue weighted by Crippen LogP contribution is -2.38. The van der Waals surface area contributed by atoms with Gasteiger partial charge in [-0.15, -0.1) is 11.3 Å². The smallest absolute Gasteiger partial charge is 0.253 e. The monoisotopic (exact) mass is 393 g/mol. The molecule has 1 fully saturated rings. The number of hydrogen-bond acceptors (Lipinski definition) is 4. The second-order valence-corrected chi connectivity index (χ2v) is 7.39. The fourth-order valence-electron chi connectivity index (χ4n) is 3.05. The van der Waals surface area contributed by atoms with Crippen LogP contribution in [0.5, 0.6) is 0 Å². The van der Waals surface area contributed by atoms with Crippen LogP contribution in [0.15, 0.2) is 23.6 Å². The van der Waals surface area contributed by atoms with Crippen LogP contribution in [0.1, 0.15) is 53.2 Å². The molecule has 0 bridgehead atoms. The maximum absolute atomic E-state index is 13.3. The molecule has 0 unspecified atom stereocenters. The molecule has 1 aromatic carbocycles. The van der Waals surface area contributed by atoms with E-state index in [9.17, 15) is 18.4 Å². The van der Waals surface area contributed by atoms with Crippen LogP contribution in [-0.4, -0.2) is 34.8 Å². The van der Waals surface area contributed by atoms with Crippen LogP contribution in [0.4, 0.5) is 8.78 Å². The molecule has 2 amide bonds. The van der Waals surface area contributed by atoms with Crippen molar-refractivity contribution in [2.75, 3.05) is 13.1 Å². The number of carbonyl (C=O) groups excluding carboxylic acids is 2. The Morgan fingerprint density at radius 1 is 1.26 bits per heavy atom. The van der Waals surface area contributed by atoms with Gasteiger partial charge in [-0.2, -0.15) is 0 Å². The molecular formula is C19H21F2N3O2S. The average Bonchev–Trinajstić information content (AvgIpc) is 3.17. The molecule has 0 spiro atoms. The van der Waals surface area contributed by atoms with E-state index in [4.69, 9.17) is 0 Å². The Hall–Kier alpha value is -2.35. The lowest BCUT2D eigenvalue weighted by atomic mass is 9.97. The third-order valence-corrected chi connectivity index (χ3v) is 5.71. The van der Waals surface area contributed by atoms with Crippen LogP contribution in [0.25, 0.3) is 0 Å². The summed E-state index contributed by atoms with van der Waals surface area (Å²) < 4.78 is 26.4. The molecule has 2 aromatic rings. The van der Waals surface area contributed by atoms with Crippen molar-refractivity contribution in [2.45, 2.75) is 38.6 Å². The van der Waals surface area contributed by atoms with Gasteiger partial charge in [0, 0.05) is 36.4 Å². The molecule has 0 atom stereocenters. The molecule has 27 heavy (non-hydrogen) atoms. The van der Waals surface area contributed by atoms with E-state index in [1.54, 1.807) is 23.2 Å². The first-order chi connectivity index (χ1) is 13.0. The number of hydrogen-bond donors (Lipinski definition) is 1. The summed E-state index contributed by atoms with van der Waals surface area (Å²) in [6.45, 7) is 3.32. The molecule has 1 N–H and O–H groups in total. The zero-order valence-electron chi connectivity index (χ0n) is 15.0. The van der Waals surface area contributed by atoms with Crippen molar-refractivity contribution in [3.63, 3.8) is 0 Å². The minimum Gasteiger partial charge on any atom is -0.350 e. The quantitative estimate of drug-likeness (QED) is 0.846. The molecule has 5 nitrogen and oxygen atoms in total. The van der Waals surface area contributed by atoms with Gasteiger partial charge in [-0.1, -0.05) is 6.92 Å². The van der Waals surface area contributed by atoms with Crippen molar-refractivity contribution in [3.8, 4) is 0 Å². The predicted molar refractivity (Wildman–Crippen MR) is 98.5 cm³/mol. The molecule has 8 heteroatoms. The molecule has 3 rings (SSSR count). The van der Waals surface area contributed by atoms with Gasteiger partial charge in [0.15, 0.2) is 11.6 Å². The van der Waals surface area contributed by atoms with E-state index in [1.807, 2.05) is 5.38 Å².